The molecule has 0 spiro atoms. The van der Waals surface area contributed by atoms with Gasteiger partial charge in [0.25, 0.3) is 0 Å². The van der Waals surface area contributed by atoms with Crippen LogP contribution in [0.3, 0.4) is 0 Å². The highest BCUT2D eigenvalue weighted by Gasteiger charge is 2.40. The van der Waals surface area contributed by atoms with Crippen molar-refractivity contribution < 1.29 is 30.7 Å². The van der Waals surface area contributed by atoms with E-state index < -0.39 is 41.8 Å². The van der Waals surface area contributed by atoms with Crippen LogP contribution in [0.25, 0.3) is 0 Å². The van der Waals surface area contributed by atoms with E-state index in [2.05, 4.69) is 5.32 Å². The SMILES string of the molecule is Cl.Cl.Fc1c([C@@H](CC(F)(F)F)N2CCNCC2)cccc1C(F)(F)F. The maximum absolute atomic E-state index is 14.2. The van der Waals surface area contributed by atoms with Crippen LogP contribution in [0, 0.1) is 5.82 Å². The van der Waals surface area contributed by atoms with Crippen LogP contribution in [0.2, 0.25) is 0 Å². The summed E-state index contributed by atoms with van der Waals surface area (Å²) < 4.78 is 91.1. The van der Waals surface area contributed by atoms with Crippen molar-refractivity contribution in [3.63, 3.8) is 0 Å². The molecular weight excluding hydrogens is 400 g/mol. The van der Waals surface area contributed by atoms with Gasteiger partial charge >= 0.3 is 12.4 Å². The van der Waals surface area contributed by atoms with E-state index in [9.17, 15) is 30.7 Å². The number of piperazine rings is 1. The summed E-state index contributed by atoms with van der Waals surface area (Å²) >= 11 is 0. The number of halogens is 9. The molecule has 1 aromatic carbocycles. The van der Waals surface area contributed by atoms with E-state index >= 15 is 0 Å². The quantitative estimate of drug-likeness (QED) is 0.725. The average Bonchev–Trinajstić information content (AvgIpc) is 2.44. The molecule has 25 heavy (non-hydrogen) atoms. The van der Waals surface area contributed by atoms with E-state index in [0.29, 0.717) is 19.2 Å². The van der Waals surface area contributed by atoms with Crippen LogP contribution in [0.4, 0.5) is 30.7 Å². The van der Waals surface area contributed by atoms with E-state index in [1.807, 2.05) is 0 Å². The molecule has 2 nitrogen and oxygen atoms in total. The lowest BCUT2D eigenvalue weighted by molar-refractivity contribution is -0.149. The molecule has 1 heterocycles. The van der Waals surface area contributed by atoms with Crippen LogP contribution in [0.15, 0.2) is 18.2 Å². The van der Waals surface area contributed by atoms with Gasteiger partial charge in [-0.05, 0) is 6.07 Å². The van der Waals surface area contributed by atoms with Gasteiger partial charge < -0.3 is 5.32 Å². The number of hydrogen-bond acceptors (Lipinski definition) is 2. The van der Waals surface area contributed by atoms with E-state index in [0.717, 1.165) is 12.1 Å². The van der Waals surface area contributed by atoms with Gasteiger partial charge in [0.2, 0.25) is 0 Å². The van der Waals surface area contributed by atoms with Crippen LogP contribution in [0.1, 0.15) is 23.6 Å². The van der Waals surface area contributed by atoms with Gasteiger partial charge in [-0.25, -0.2) is 4.39 Å². The van der Waals surface area contributed by atoms with Crippen molar-refractivity contribution in [2.75, 3.05) is 26.2 Å². The van der Waals surface area contributed by atoms with Gasteiger partial charge in [-0.1, -0.05) is 12.1 Å². The molecule has 1 atom stereocenters. The first-order valence-corrected chi connectivity index (χ1v) is 6.97. The fraction of sp³-hybridized carbons (Fsp3) is 0.571. The molecule has 1 aliphatic heterocycles. The lowest BCUT2D eigenvalue weighted by Crippen LogP contribution is -2.46. The summed E-state index contributed by atoms with van der Waals surface area (Å²) in [5.74, 6) is -1.63. The minimum absolute atomic E-state index is 0. The predicted octanol–water partition coefficient (Wildman–Crippen LogP) is 4.59. The van der Waals surface area contributed by atoms with Crippen molar-refractivity contribution in [1.82, 2.24) is 10.2 Å². The fourth-order valence-electron chi connectivity index (χ4n) is 2.67. The highest BCUT2D eigenvalue weighted by molar-refractivity contribution is 5.85. The molecule has 1 aromatic rings. The van der Waals surface area contributed by atoms with E-state index in [1.165, 1.54) is 4.90 Å². The summed E-state index contributed by atoms with van der Waals surface area (Å²) in [4.78, 5) is 1.36. The molecule has 0 saturated carbocycles. The number of rotatable bonds is 3. The van der Waals surface area contributed by atoms with E-state index in [4.69, 9.17) is 0 Å². The second-order valence-electron chi connectivity index (χ2n) is 5.33. The standard InChI is InChI=1S/C14H15F7N2.2ClH/c15-12-9(2-1-3-10(12)14(19,20)21)11(8-13(16,17)18)23-6-4-22-5-7-23;;/h1-3,11,22H,4-8H2;2*1H/t11-;;/m1../s1. The third-order valence-corrected chi connectivity index (χ3v) is 3.71. The molecule has 1 fully saturated rings. The van der Waals surface area contributed by atoms with E-state index in [-0.39, 0.29) is 37.9 Å². The molecule has 11 heteroatoms. The van der Waals surface area contributed by atoms with Gasteiger partial charge in [0.15, 0.2) is 0 Å². The van der Waals surface area contributed by atoms with E-state index in [1.54, 1.807) is 0 Å². The molecule has 2 rings (SSSR count). The number of hydrogen-bond donors (Lipinski definition) is 1. The largest absolute Gasteiger partial charge is 0.419 e. The molecule has 0 amide bonds. The van der Waals surface area contributed by atoms with Gasteiger partial charge in [0, 0.05) is 37.8 Å². The molecule has 1 aliphatic rings. The Morgan fingerprint density at radius 1 is 1.00 bits per heavy atom. The summed E-state index contributed by atoms with van der Waals surface area (Å²) in [7, 11) is 0. The Morgan fingerprint density at radius 3 is 2.04 bits per heavy atom. The molecule has 0 bridgehead atoms. The summed E-state index contributed by atoms with van der Waals surface area (Å²) in [6.07, 6.45) is -11.0. The van der Waals surface area contributed by atoms with Gasteiger partial charge in [-0.15, -0.1) is 24.8 Å². The Balaban J connectivity index is 0.00000288. The topological polar surface area (TPSA) is 15.3 Å². The van der Waals surface area contributed by atoms with Crippen LogP contribution in [0.5, 0.6) is 0 Å². The summed E-state index contributed by atoms with van der Waals surface area (Å²) in [5, 5.41) is 2.94. The molecule has 1 N–H and O–H groups in total. The van der Waals surface area contributed by atoms with Crippen LogP contribution < -0.4 is 5.32 Å². The van der Waals surface area contributed by atoms with Gasteiger partial charge in [0.05, 0.1) is 12.0 Å². The maximum Gasteiger partial charge on any atom is 0.419 e. The third kappa shape index (κ3) is 6.47. The normalized spacial score (nSPS) is 17.4. The first-order chi connectivity index (χ1) is 10.6. The van der Waals surface area contributed by atoms with Gasteiger partial charge in [0.1, 0.15) is 5.82 Å². The van der Waals surface area contributed by atoms with Crippen molar-refractivity contribution in [2.24, 2.45) is 0 Å². The van der Waals surface area contributed by atoms with Crippen LogP contribution in [-0.2, 0) is 6.18 Å². The first kappa shape index (κ1) is 24.2. The second-order valence-corrected chi connectivity index (χ2v) is 5.33. The summed E-state index contributed by atoms with van der Waals surface area (Å²) in [6.45, 7) is 1.21. The molecule has 1 saturated heterocycles. The minimum atomic E-state index is -4.95. The summed E-state index contributed by atoms with van der Waals surface area (Å²) in [5.41, 5.74) is -2.11. The second kappa shape index (κ2) is 9.25. The highest BCUT2D eigenvalue weighted by Crippen LogP contribution is 2.39. The molecular formula is C14H17Cl2F7N2. The average molecular weight is 417 g/mol. The Kier molecular flexibility index (Phi) is 8.96. The lowest BCUT2D eigenvalue weighted by Gasteiger charge is -2.36. The highest BCUT2D eigenvalue weighted by atomic mass is 35.5. The zero-order valence-electron chi connectivity index (χ0n) is 12.8. The van der Waals surface area contributed by atoms with Crippen molar-refractivity contribution in [3.8, 4) is 0 Å². The Labute approximate surface area is 152 Å². The Hall–Kier alpha value is -0.770. The lowest BCUT2D eigenvalue weighted by atomic mass is 9.97. The molecule has 0 radical (unpaired) electrons. The van der Waals surface area contributed by atoms with Crippen LogP contribution >= 0.6 is 24.8 Å². The summed E-state index contributed by atoms with van der Waals surface area (Å²) in [6, 6.07) is 0.983. The number of benzene rings is 1. The number of alkyl halides is 6. The third-order valence-electron chi connectivity index (χ3n) is 3.71. The molecule has 0 aliphatic carbocycles. The zero-order valence-corrected chi connectivity index (χ0v) is 14.4. The maximum atomic E-state index is 14.2. The van der Waals surface area contributed by atoms with Crippen molar-refractivity contribution in [3.05, 3.63) is 35.1 Å². The Bertz CT molecular complexity index is 543. The van der Waals surface area contributed by atoms with Gasteiger partial charge in [-0.2, -0.15) is 26.3 Å². The van der Waals surface area contributed by atoms with Gasteiger partial charge in [-0.3, -0.25) is 4.90 Å². The van der Waals surface area contributed by atoms with Crippen molar-refractivity contribution in [2.45, 2.75) is 24.8 Å². The predicted molar refractivity (Wildman–Crippen MR) is 83.8 cm³/mol. The molecule has 146 valence electrons. The Morgan fingerprint density at radius 2 is 1.56 bits per heavy atom. The van der Waals surface area contributed by atoms with Crippen molar-refractivity contribution >= 4 is 24.8 Å². The monoisotopic (exact) mass is 416 g/mol. The minimum Gasteiger partial charge on any atom is -0.314 e. The zero-order chi connectivity index (χ0) is 17.3. The fourth-order valence-corrected chi connectivity index (χ4v) is 2.67. The number of nitrogens with one attached hydrogen (secondary N) is 1. The van der Waals surface area contributed by atoms with Crippen LogP contribution in [-0.4, -0.2) is 37.3 Å². The van der Waals surface area contributed by atoms with Crippen molar-refractivity contribution in [1.29, 1.82) is 0 Å². The first-order valence-electron chi connectivity index (χ1n) is 6.97. The molecule has 0 aromatic heterocycles. The smallest absolute Gasteiger partial charge is 0.314 e. The number of nitrogens with zero attached hydrogens (tertiary/aromatic N) is 1. The molecule has 0 unspecified atom stereocenters.